The van der Waals surface area contributed by atoms with Gasteiger partial charge in [-0.05, 0) is 82.8 Å². The number of hydrogen-bond donors (Lipinski definition) is 1. The molecule has 0 saturated carbocycles. The van der Waals surface area contributed by atoms with E-state index >= 15 is 0 Å². The van der Waals surface area contributed by atoms with Crippen molar-refractivity contribution in [1.29, 1.82) is 0 Å². The Bertz CT molecular complexity index is 461. The Kier molecular flexibility index (Phi) is 5.83. The minimum Gasteiger partial charge on any atom is -0.309 e. The van der Waals surface area contributed by atoms with Gasteiger partial charge in [-0.25, -0.2) is 0 Å². The molecule has 0 aliphatic carbocycles. The van der Waals surface area contributed by atoms with Crippen molar-refractivity contribution in [2.75, 3.05) is 19.6 Å². The molecule has 2 rings (SSSR count). The van der Waals surface area contributed by atoms with Crippen LogP contribution in [0, 0.1) is 20.8 Å². The summed E-state index contributed by atoms with van der Waals surface area (Å²) in [5.74, 6) is 0. The smallest absolute Gasteiger partial charge is 0.0295 e. The highest BCUT2D eigenvalue weighted by Crippen LogP contribution is 2.22. The molecule has 2 atom stereocenters. The van der Waals surface area contributed by atoms with Gasteiger partial charge in [-0.15, -0.1) is 0 Å². The molecule has 1 fully saturated rings. The Morgan fingerprint density at radius 1 is 0.952 bits per heavy atom. The van der Waals surface area contributed by atoms with Crippen LogP contribution < -0.4 is 5.32 Å². The maximum Gasteiger partial charge on any atom is 0.0295 e. The second-order valence-corrected chi connectivity index (χ2v) is 6.87. The van der Waals surface area contributed by atoms with Crippen LogP contribution in [0.4, 0.5) is 0 Å². The van der Waals surface area contributed by atoms with Crippen molar-refractivity contribution in [3.8, 4) is 0 Å². The number of likely N-dealkylation sites (tertiary alicyclic amines) is 1. The fourth-order valence-electron chi connectivity index (χ4n) is 3.39. The topological polar surface area (TPSA) is 15.3 Å². The first-order valence-electron chi connectivity index (χ1n) is 8.54. The van der Waals surface area contributed by atoms with Gasteiger partial charge in [0.05, 0.1) is 0 Å². The lowest BCUT2D eigenvalue weighted by Gasteiger charge is -2.33. The van der Waals surface area contributed by atoms with Crippen LogP contribution in [0.5, 0.6) is 0 Å². The zero-order chi connectivity index (χ0) is 15.4. The van der Waals surface area contributed by atoms with Crippen LogP contribution in [0.15, 0.2) is 12.1 Å². The summed E-state index contributed by atoms with van der Waals surface area (Å²) in [5, 5.41) is 3.74. The Morgan fingerprint density at radius 2 is 1.57 bits per heavy atom. The third-order valence-corrected chi connectivity index (χ3v) is 5.08. The number of piperidine rings is 1. The molecule has 2 heteroatoms. The summed E-state index contributed by atoms with van der Waals surface area (Å²) in [7, 11) is 0. The molecular formula is C19H32N2. The van der Waals surface area contributed by atoms with E-state index in [2.05, 4.69) is 57.0 Å². The van der Waals surface area contributed by atoms with E-state index in [0.29, 0.717) is 12.1 Å². The standard InChI is InChI=1S/C19H32N2/c1-14-11-16(3)19(12-15(14)2)18(5)20-13-17(4)21-9-7-6-8-10-21/h11-12,17-18,20H,6-10,13H2,1-5H3. The average molecular weight is 288 g/mol. The van der Waals surface area contributed by atoms with Gasteiger partial charge in [-0.2, -0.15) is 0 Å². The number of hydrogen-bond acceptors (Lipinski definition) is 2. The van der Waals surface area contributed by atoms with Crippen molar-refractivity contribution >= 4 is 0 Å². The van der Waals surface area contributed by atoms with E-state index in [1.54, 1.807) is 0 Å². The van der Waals surface area contributed by atoms with E-state index in [4.69, 9.17) is 0 Å². The van der Waals surface area contributed by atoms with Gasteiger partial charge in [0.15, 0.2) is 0 Å². The lowest BCUT2D eigenvalue weighted by Crippen LogP contribution is -2.43. The lowest BCUT2D eigenvalue weighted by molar-refractivity contribution is 0.168. The molecule has 1 aromatic rings. The molecule has 0 amide bonds. The zero-order valence-electron chi connectivity index (χ0n) is 14.5. The SMILES string of the molecule is Cc1cc(C)c(C(C)NCC(C)N2CCCCC2)cc1C. The predicted octanol–water partition coefficient (Wildman–Crippen LogP) is 4.14. The van der Waals surface area contributed by atoms with Gasteiger partial charge in [0.1, 0.15) is 0 Å². The van der Waals surface area contributed by atoms with Crippen molar-refractivity contribution < 1.29 is 0 Å². The number of aryl methyl sites for hydroxylation is 3. The van der Waals surface area contributed by atoms with E-state index in [1.165, 1.54) is 54.6 Å². The van der Waals surface area contributed by atoms with Crippen LogP contribution in [-0.4, -0.2) is 30.6 Å². The summed E-state index contributed by atoms with van der Waals surface area (Å²) in [4.78, 5) is 2.64. The molecule has 1 N–H and O–H groups in total. The zero-order valence-corrected chi connectivity index (χ0v) is 14.5. The highest BCUT2D eigenvalue weighted by molar-refractivity contribution is 5.38. The summed E-state index contributed by atoms with van der Waals surface area (Å²) < 4.78 is 0. The molecular weight excluding hydrogens is 256 g/mol. The van der Waals surface area contributed by atoms with E-state index < -0.39 is 0 Å². The minimum atomic E-state index is 0.427. The summed E-state index contributed by atoms with van der Waals surface area (Å²) in [5.41, 5.74) is 5.64. The number of rotatable bonds is 5. The lowest BCUT2D eigenvalue weighted by atomic mass is 9.96. The highest BCUT2D eigenvalue weighted by Gasteiger charge is 2.17. The van der Waals surface area contributed by atoms with E-state index in [-0.39, 0.29) is 0 Å². The maximum absolute atomic E-state index is 3.74. The first-order valence-corrected chi connectivity index (χ1v) is 8.54. The first-order chi connectivity index (χ1) is 9.99. The van der Waals surface area contributed by atoms with Crippen molar-refractivity contribution in [2.45, 2.75) is 66.0 Å². The number of nitrogens with zero attached hydrogens (tertiary/aromatic N) is 1. The van der Waals surface area contributed by atoms with Gasteiger partial charge < -0.3 is 5.32 Å². The molecule has 1 aliphatic heterocycles. The highest BCUT2D eigenvalue weighted by atomic mass is 15.2. The van der Waals surface area contributed by atoms with Crippen LogP contribution in [0.25, 0.3) is 0 Å². The molecule has 118 valence electrons. The summed E-state index contributed by atoms with van der Waals surface area (Å²) in [6.45, 7) is 14.9. The maximum atomic E-state index is 3.74. The normalized spacial score (nSPS) is 19.5. The van der Waals surface area contributed by atoms with Gasteiger partial charge in [0.25, 0.3) is 0 Å². The Balaban J connectivity index is 1.92. The molecule has 1 aliphatic rings. The largest absolute Gasteiger partial charge is 0.309 e. The van der Waals surface area contributed by atoms with Crippen LogP contribution in [0.3, 0.4) is 0 Å². The van der Waals surface area contributed by atoms with Gasteiger partial charge in [0, 0.05) is 18.6 Å². The fourth-order valence-corrected chi connectivity index (χ4v) is 3.39. The van der Waals surface area contributed by atoms with E-state index in [0.717, 1.165) is 6.54 Å². The van der Waals surface area contributed by atoms with Gasteiger partial charge in [-0.3, -0.25) is 4.90 Å². The molecule has 2 unspecified atom stereocenters. The average Bonchev–Trinajstić information content (AvgIpc) is 2.49. The Hall–Kier alpha value is -0.860. The molecule has 21 heavy (non-hydrogen) atoms. The van der Waals surface area contributed by atoms with Crippen LogP contribution in [0.1, 0.15) is 61.4 Å². The third-order valence-electron chi connectivity index (χ3n) is 5.08. The van der Waals surface area contributed by atoms with Crippen molar-refractivity contribution in [1.82, 2.24) is 10.2 Å². The Morgan fingerprint density at radius 3 is 2.24 bits per heavy atom. The molecule has 0 aromatic heterocycles. The quantitative estimate of drug-likeness (QED) is 0.876. The fraction of sp³-hybridized carbons (Fsp3) is 0.684. The van der Waals surface area contributed by atoms with Crippen molar-refractivity contribution in [2.24, 2.45) is 0 Å². The summed E-state index contributed by atoms with van der Waals surface area (Å²) in [6.07, 6.45) is 4.15. The van der Waals surface area contributed by atoms with E-state index in [9.17, 15) is 0 Å². The number of nitrogens with one attached hydrogen (secondary N) is 1. The summed E-state index contributed by atoms with van der Waals surface area (Å²) in [6, 6.07) is 5.74. The minimum absolute atomic E-state index is 0.427. The van der Waals surface area contributed by atoms with Crippen LogP contribution in [-0.2, 0) is 0 Å². The molecule has 0 radical (unpaired) electrons. The summed E-state index contributed by atoms with van der Waals surface area (Å²) >= 11 is 0. The second kappa shape index (κ2) is 7.42. The van der Waals surface area contributed by atoms with Gasteiger partial charge >= 0.3 is 0 Å². The molecule has 1 aromatic carbocycles. The molecule has 0 bridgehead atoms. The van der Waals surface area contributed by atoms with Crippen molar-refractivity contribution in [3.05, 3.63) is 34.4 Å². The van der Waals surface area contributed by atoms with Gasteiger partial charge in [-0.1, -0.05) is 18.6 Å². The van der Waals surface area contributed by atoms with Crippen LogP contribution >= 0.6 is 0 Å². The number of benzene rings is 1. The first kappa shape index (κ1) is 16.5. The molecule has 0 spiro atoms. The molecule has 1 heterocycles. The van der Waals surface area contributed by atoms with Crippen molar-refractivity contribution in [3.63, 3.8) is 0 Å². The monoisotopic (exact) mass is 288 g/mol. The third kappa shape index (κ3) is 4.31. The predicted molar refractivity (Wildman–Crippen MR) is 92.0 cm³/mol. The molecule has 2 nitrogen and oxygen atoms in total. The Labute approximate surface area is 130 Å². The molecule has 1 saturated heterocycles. The second-order valence-electron chi connectivity index (χ2n) is 6.87. The van der Waals surface area contributed by atoms with Crippen LogP contribution in [0.2, 0.25) is 0 Å². The van der Waals surface area contributed by atoms with Gasteiger partial charge in [0.2, 0.25) is 0 Å². The van der Waals surface area contributed by atoms with E-state index in [1.807, 2.05) is 0 Å².